The highest BCUT2D eigenvalue weighted by Crippen LogP contribution is 2.38. The highest BCUT2D eigenvalue weighted by Gasteiger charge is 2.58. The quantitative estimate of drug-likeness (QED) is 0.625. The van der Waals surface area contributed by atoms with Crippen molar-refractivity contribution in [3.63, 3.8) is 0 Å². The molecule has 158 valence electrons. The summed E-state index contributed by atoms with van der Waals surface area (Å²) in [6.45, 7) is 7.01. The van der Waals surface area contributed by atoms with Crippen molar-refractivity contribution in [3.05, 3.63) is 28.2 Å². The fourth-order valence-electron chi connectivity index (χ4n) is 3.94. The van der Waals surface area contributed by atoms with E-state index in [1.165, 1.54) is 0 Å². The third-order valence-corrected chi connectivity index (χ3v) is 7.81. The van der Waals surface area contributed by atoms with Gasteiger partial charge in [0.15, 0.2) is 0 Å². The van der Waals surface area contributed by atoms with Gasteiger partial charge in [-0.1, -0.05) is 0 Å². The van der Waals surface area contributed by atoms with Crippen molar-refractivity contribution >= 4 is 32.0 Å². The molecule has 11 heteroatoms. The number of carboxylic acid groups (broad SMARTS) is 1. The summed E-state index contributed by atoms with van der Waals surface area (Å²) in [7, 11) is -4.30. The fraction of sp³-hybridized carbons (Fsp3) is 0.588. The van der Waals surface area contributed by atoms with Crippen LogP contribution in [0.25, 0.3) is 0 Å². The van der Waals surface area contributed by atoms with Gasteiger partial charge in [0, 0.05) is 10.9 Å². The first-order valence-corrected chi connectivity index (χ1v) is 10.8. The molecule has 1 amide bonds. The minimum Gasteiger partial charge on any atom is -0.435 e. The zero-order valence-corrected chi connectivity index (χ0v) is 18.2. The molecule has 1 aromatic rings. The van der Waals surface area contributed by atoms with E-state index in [1.807, 2.05) is 0 Å². The minimum atomic E-state index is -4.69. The Bertz CT molecular complexity index is 883. The van der Waals surface area contributed by atoms with E-state index in [-0.39, 0.29) is 28.0 Å². The summed E-state index contributed by atoms with van der Waals surface area (Å²) < 4.78 is 66.5. The number of hydrogen-bond donors (Lipinski definition) is 2. The molecule has 0 bridgehead atoms. The second kappa shape index (κ2) is 7.26. The molecule has 2 N–H and O–H groups in total. The summed E-state index contributed by atoms with van der Waals surface area (Å²) in [5.74, 6) is 0. The number of sulfonamides is 1. The molecule has 0 saturated carbocycles. The molecule has 1 aromatic carbocycles. The second-order valence-electron chi connectivity index (χ2n) is 8.05. The highest BCUT2D eigenvalue weighted by atomic mass is 79.9. The average Bonchev–Trinajstić information content (AvgIpc) is 2.82. The number of nitrogens with zero attached hydrogens (tertiary/aromatic N) is 1. The zero-order chi connectivity index (χ0) is 21.7. The van der Waals surface area contributed by atoms with Gasteiger partial charge in [-0.3, -0.25) is 0 Å². The normalized spacial score (nSPS) is 26.4. The molecule has 1 unspecified atom stereocenters. The Morgan fingerprint density at radius 3 is 2.29 bits per heavy atom. The molecule has 2 rings (SSSR count). The number of rotatable bonds is 3. The number of alkyl halides is 3. The lowest BCUT2D eigenvalue weighted by Crippen LogP contribution is -2.65. The molecular weight excluding hydrogens is 465 g/mol. The van der Waals surface area contributed by atoms with Gasteiger partial charge in [-0.05, 0) is 61.8 Å². The monoisotopic (exact) mass is 487 g/mol. The molecule has 1 aliphatic rings. The summed E-state index contributed by atoms with van der Waals surface area (Å²) in [6.07, 6.45) is -5.50. The SMILES string of the molecule is C[C@H]1C[C@@H](NS(=O)(=O)c2cc(C(F)(F)F)ccc2Br)C[N+]1(C(=O)O)C(C)(C)C. The van der Waals surface area contributed by atoms with Crippen LogP contribution in [0.15, 0.2) is 27.6 Å². The lowest BCUT2D eigenvalue weighted by molar-refractivity contribution is -0.913. The van der Waals surface area contributed by atoms with Crippen LogP contribution < -0.4 is 4.72 Å². The molecular formula is C17H23BrF3N2O4S+. The first kappa shape index (κ1) is 23.1. The van der Waals surface area contributed by atoms with Crippen molar-refractivity contribution in [1.29, 1.82) is 0 Å². The van der Waals surface area contributed by atoms with Crippen molar-refractivity contribution in [2.45, 2.75) is 62.8 Å². The standard InChI is InChI=1S/C17H22BrF3N2O4S/c1-10-7-12(9-23(10,15(24)25)16(2,3)4)22-28(26,27)14-8-11(17(19,20)21)5-6-13(14)18/h5-6,8,10,12,22H,7,9H2,1-4H3/p+1/t10-,12+,23?/m0/s1. The predicted molar refractivity (Wildman–Crippen MR) is 100 cm³/mol. The van der Waals surface area contributed by atoms with Crippen molar-refractivity contribution in [3.8, 4) is 0 Å². The largest absolute Gasteiger partial charge is 0.514 e. The van der Waals surface area contributed by atoms with Crippen LogP contribution in [0.4, 0.5) is 18.0 Å². The van der Waals surface area contributed by atoms with Crippen LogP contribution in [0.3, 0.4) is 0 Å². The number of nitrogens with one attached hydrogen (secondary N) is 1. The van der Waals surface area contributed by atoms with Crippen LogP contribution in [0.5, 0.6) is 0 Å². The summed E-state index contributed by atoms with van der Waals surface area (Å²) in [4.78, 5) is 11.5. The van der Waals surface area contributed by atoms with E-state index < -0.39 is 44.3 Å². The maximum atomic E-state index is 13.0. The van der Waals surface area contributed by atoms with Gasteiger partial charge in [-0.15, -0.1) is 0 Å². The number of hydrogen-bond acceptors (Lipinski definition) is 3. The maximum absolute atomic E-state index is 13.0. The number of quaternary nitrogens is 1. The molecule has 1 heterocycles. The van der Waals surface area contributed by atoms with E-state index in [4.69, 9.17) is 0 Å². The van der Waals surface area contributed by atoms with Crippen LogP contribution in [0.1, 0.15) is 39.7 Å². The van der Waals surface area contributed by atoms with Gasteiger partial charge >= 0.3 is 12.3 Å². The minimum absolute atomic E-state index is 0.00416. The van der Waals surface area contributed by atoms with Crippen LogP contribution in [0.2, 0.25) is 0 Å². The van der Waals surface area contributed by atoms with Crippen molar-refractivity contribution in [2.75, 3.05) is 6.54 Å². The number of benzene rings is 1. The first-order valence-electron chi connectivity index (χ1n) is 8.53. The van der Waals surface area contributed by atoms with Crippen molar-refractivity contribution in [2.24, 2.45) is 0 Å². The molecule has 0 spiro atoms. The lowest BCUT2D eigenvalue weighted by atomic mass is 10.0. The molecule has 0 aliphatic carbocycles. The highest BCUT2D eigenvalue weighted by molar-refractivity contribution is 9.10. The van der Waals surface area contributed by atoms with Crippen molar-refractivity contribution < 1.29 is 36.0 Å². The first-order chi connectivity index (χ1) is 12.5. The molecule has 6 nitrogen and oxygen atoms in total. The third kappa shape index (κ3) is 4.07. The van der Waals surface area contributed by atoms with Gasteiger partial charge in [0.05, 0.1) is 22.5 Å². The van der Waals surface area contributed by atoms with E-state index in [2.05, 4.69) is 20.7 Å². The van der Waals surface area contributed by atoms with Gasteiger partial charge < -0.3 is 5.11 Å². The predicted octanol–water partition coefficient (Wildman–Crippen LogP) is 4.20. The Balaban J connectivity index is 2.38. The molecule has 1 fully saturated rings. The molecule has 1 aliphatic heterocycles. The summed E-state index contributed by atoms with van der Waals surface area (Å²) in [5.41, 5.74) is -1.77. The Morgan fingerprint density at radius 1 is 1.29 bits per heavy atom. The second-order valence-corrected chi connectivity index (χ2v) is 10.6. The van der Waals surface area contributed by atoms with Gasteiger partial charge in [-0.2, -0.15) is 18.0 Å². The van der Waals surface area contributed by atoms with E-state index in [1.54, 1.807) is 27.7 Å². The fourth-order valence-corrected chi connectivity index (χ4v) is 6.17. The Morgan fingerprint density at radius 2 is 1.86 bits per heavy atom. The summed E-state index contributed by atoms with van der Waals surface area (Å²) in [6, 6.07) is 1.27. The number of amides is 1. The van der Waals surface area contributed by atoms with E-state index >= 15 is 0 Å². The topological polar surface area (TPSA) is 83.5 Å². The van der Waals surface area contributed by atoms with E-state index in [0.717, 1.165) is 12.1 Å². The van der Waals surface area contributed by atoms with Gasteiger partial charge in [0.2, 0.25) is 10.0 Å². The van der Waals surface area contributed by atoms with Crippen LogP contribution in [-0.2, 0) is 16.2 Å². The number of carbonyl (C=O) groups is 1. The van der Waals surface area contributed by atoms with Crippen LogP contribution >= 0.6 is 15.9 Å². The molecule has 0 aromatic heterocycles. The Hall–Kier alpha value is -1.17. The van der Waals surface area contributed by atoms with Gasteiger partial charge in [-0.25, -0.2) is 17.6 Å². The van der Waals surface area contributed by atoms with Crippen LogP contribution in [0, 0.1) is 0 Å². The number of halogens is 4. The Kier molecular flexibility index (Phi) is 5.99. The van der Waals surface area contributed by atoms with Gasteiger partial charge in [0.25, 0.3) is 0 Å². The van der Waals surface area contributed by atoms with Gasteiger partial charge in [0.1, 0.15) is 12.1 Å². The summed E-state index contributed by atoms with van der Waals surface area (Å²) >= 11 is 2.99. The van der Waals surface area contributed by atoms with Crippen LogP contribution in [-0.4, -0.2) is 48.3 Å². The number of likely N-dealkylation sites (tertiary alicyclic amines) is 1. The molecule has 0 radical (unpaired) electrons. The molecule has 3 atom stereocenters. The zero-order valence-electron chi connectivity index (χ0n) is 15.8. The lowest BCUT2D eigenvalue weighted by Gasteiger charge is -2.43. The van der Waals surface area contributed by atoms with Crippen molar-refractivity contribution in [1.82, 2.24) is 4.72 Å². The maximum Gasteiger partial charge on any atom is 0.514 e. The Labute approximate surface area is 170 Å². The average molecular weight is 488 g/mol. The molecule has 1 saturated heterocycles. The van der Waals surface area contributed by atoms with E-state index in [0.29, 0.717) is 6.07 Å². The summed E-state index contributed by atoms with van der Waals surface area (Å²) in [5, 5.41) is 9.84. The third-order valence-electron chi connectivity index (χ3n) is 5.29. The molecule has 28 heavy (non-hydrogen) atoms. The smallest absolute Gasteiger partial charge is 0.435 e. The van der Waals surface area contributed by atoms with E-state index in [9.17, 15) is 31.5 Å².